The summed E-state index contributed by atoms with van der Waals surface area (Å²) in [6.07, 6.45) is -0.620. The van der Waals surface area contributed by atoms with E-state index in [-0.39, 0.29) is 11.3 Å². The molecular weight excluding hydrogens is 248 g/mol. The third-order valence-corrected chi connectivity index (χ3v) is 2.12. The minimum Gasteiger partial charge on any atom is -0.490 e. The van der Waals surface area contributed by atoms with Crippen molar-refractivity contribution in [2.24, 2.45) is 0 Å². The molecule has 9 heteroatoms. The number of methoxy groups -OCH3 is 1. The summed E-state index contributed by atoms with van der Waals surface area (Å²) in [7, 11) is 1.15. The molecule has 0 aliphatic rings. The number of ether oxygens (including phenoxy) is 1. The number of nitrogens with zero attached hydrogens (tertiary/aromatic N) is 2. The maximum absolute atomic E-state index is 10.7. The molecule has 0 unspecified atom stereocenters. The van der Waals surface area contributed by atoms with Gasteiger partial charge in [0.1, 0.15) is 0 Å². The Morgan fingerprint density at radius 1 is 1.28 bits per heavy atom. The second-order valence-electron chi connectivity index (χ2n) is 3.24. The van der Waals surface area contributed by atoms with E-state index in [4.69, 9.17) is 9.84 Å². The van der Waals surface area contributed by atoms with Gasteiger partial charge in [-0.1, -0.05) is 0 Å². The quantitative estimate of drug-likeness (QED) is 0.616. The van der Waals surface area contributed by atoms with Gasteiger partial charge in [0, 0.05) is 5.56 Å². The highest BCUT2D eigenvalue weighted by Gasteiger charge is 2.26. The molecule has 18 heavy (non-hydrogen) atoms. The zero-order valence-corrected chi connectivity index (χ0v) is 9.15. The average molecular weight is 256 g/mol. The standard InChI is InChI=1S/C9H8N2O7/c1-18-8-2-5(3-9(12)13)6(10(14)15)4-7(8)11(16)17/h2,4H,3H2,1H3,(H,12,13). The van der Waals surface area contributed by atoms with Gasteiger partial charge in [-0.25, -0.2) is 0 Å². The Hall–Kier alpha value is -2.71. The van der Waals surface area contributed by atoms with Crippen molar-refractivity contribution >= 4 is 17.3 Å². The monoisotopic (exact) mass is 256 g/mol. The Bertz CT molecular complexity index is 526. The lowest BCUT2D eigenvalue weighted by atomic mass is 10.1. The summed E-state index contributed by atoms with van der Waals surface area (Å²) in [4.78, 5) is 30.3. The molecule has 1 rings (SSSR count). The SMILES string of the molecule is COc1cc(CC(=O)O)c([N+](=O)[O-])cc1[N+](=O)[O-]. The molecule has 0 aromatic heterocycles. The fourth-order valence-corrected chi connectivity index (χ4v) is 1.38. The Balaban J connectivity index is 3.46. The number of hydrogen-bond acceptors (Lipinski definition) is 6. The van der Waals surface area contributed by atoms with E-state index in [1.54, 1.807) is 0 Å². The van der Waals surface area contributed by atoms with Crippen LogP contribution in [0, 0.1) is 20.2 Å². The van der Waals surface area contributed by atoms with E-state index in [2.05, 4.69) is 0 Å². The van der Waals surface area contributed by atoms with Gasteiger partial charge >= 0.3 is 11.7 Å². The molecule has 1 N–H and O–H groups in total. The smallest absolute Gasteiger partial charge is 0.317 e. The first-order chi connectivity index (χ1) is 8.36. The second-order valence-corrected chi connectivity index (χ2v) is 3.24. The van der Waals surface area contributed by atoms with Crippen LogP contribution in [0.15, 0.2) is 12.1 Å². The van der Waals surface area contributed by atoms with Crippen LogP contribution in [0.4, 0.5) is 11.4 Å². The summed E-state index contributed by atoms with van der Waals surface area (Å²) in [5, 5.41) is 30.0. The van der Waals surface area contributed by atoms with Crippen LogP contribution in [0.5, 0.6) is 5.75 Å². The van der Waals surface area contributed by atoms with E-state index in [0.717, 1.165) is 13.2 Å². The Morgan fingerprint density at radius 2 is 1.83 bits per heavy atom. The van der Waals surface area contributed by atoms with Crippen molar-refractivity contribution in [2.45, 2.75) is 6.42 Å². The number of nitro benzene ring substituents is 2. The summed E-state index contributed by atoms with van der Waals surface area (Å²) in [5.41, 5.74) is -1.36. The third-order valence-electron chi connectivity index (χ3n) is 2.12. The number of benzene rings is 1. The lowest BCUT2D eigenvalue weighted by Gasteiger charge is -2.05. The van der Waals surface area contributed by atoms with Crippen molar-refractivity contribution < 1.29 is 24.5 Å². The molecule has 0 saturated carbocycles. The van der Waals surface area contributed by atoms with Gasteiger partial charge in [0.15, 0.2) is 5.75 Å². The molecule has 0 fully saturated rings. The number of rotatable bonds is 5. The predicted octanol–water partition coefficient (Wildman–Crippen LogP) is 1.14. The number of carbonyl (C=O) groups is 1. The minimum absolute atomic E-state index is 0.157. The molecular formula is C9H8N2O7. The maximum atomic E-state index is 10.7. The highest BCUT2D eigenvalue weighted by molar-refractivity contribution is 5.73. The van der Waals surface area contributed by atoms with Gasteiger partial charge in [-0.15, -0.1) is 0 Å². The molecule has 1 aromatic carbocycles. The van der Waals surface area contributed by atoms with Crippen LogP contribution in [0.25, 0.3) is 0 Å². The van der Waals surface area contributed by atoms with E-state index in [0.29, 0.717) is 6.07 Å². The highest BCUT2D eigenvalue weighted by Crippen LogP contribution is 2.34. The molecule has 0 aliphatic heterocycles. The van der Waals surface area contributed by atoms with Gasteiger partial charge in [0.05, 0.1) is 29.4 Å². The molecule has 0 amide bonds. The van der Waals surface area contributed by atoms with Crippen molar-refractivity contribution in [2.75, 3.05) is 7.11 Å². The molecule has 96 valence electrons. The Labute approximate surface area is 99.9 Å². The summed E-state index contributed by atoms with van der Waals surface area (Å²) in [5.74, 6) is -1.50. The first-order valence-corrected chi connectivity index (χ1v) is 4.58. The first-order valence-electron chi connectivity index (χ1n) is 4.58. The van der Waals surface area contributed by atoms with E-state index >= 15 is 0 Å². The number of aliphatic carboxylic acids is 1. The molecule has 0 atom stereocenters. The number of carboxylic acid groups (broad SMARTS) is 1. The fourth-order valence-electron chi connectivity index (χ4n) is 1.38. The number of nitro groups is 2. The van der Waals surface area contributed by atoms with Crippen LogP contribution in [0.3, 0.4) is 0 Å². The zero-order chi connectivity index (χ0) is 13.9. The largest absolute Gasteiger partial charge is 0.490 e. The average Bonchev–Trinajstić information content (AvgIpc) is 2.26. The molecule has 0 saturated heterocycles. The lowest BCUT2D eigenvalue weighted by molar-refractivity contribution is -0.395. The topological polar surface area (TPSA) is 133 Å². The van der Waals surface area contributed by atoms with Crippen molar-refractivity contribution in [3.8, 4) is 5.75 Å². The first kappa shape index (κ1) is 13.4. The van der Waals surface area contributed by atoms with Crippen molar-refractivity contribution in [1.82, 2.24) is 0 Å². The predicted molar refractivity (Wildman–Crippen MR) is 57.6 cm³/mol. The molecule has 1 aromatic rings. The van der Waals surface area contributed by atoms with Crippen LogP contribution < -0.4 is 4.74 Å². The van der Waals surface area contributed by atoms with E-state index in [1.165, 1.54) is 0 Å². The van der Waals surface area contributed by atoms with Crippen molar-refractivity contribution in [3.63, 3.8) is 0 Å². The van der Waals surface area contributed by atoms with Gasteiger partial charge in [0.25, 0.3) is 5.69 Å². The van der Waals surface area contributed by atoms with E-state index < -0.39 is 33.6 Å². The van der Waals surface area contributed by atoms with Gasteiger partial charge in [-0.3, -0.25) is 25.0 Å². The number of carboxylic acids is 1. The number of hydrogen-bond donors (Lipinski definition) is 1. The molecule has 0 spiro atoms. The third kappa shape index (κ3) is 2.70. The molecule has 0 heterocycles. The van der Waals surface area contributed by atoms with Crippen LogP contribution in [0.1, 0.15) is 5.56 Å². The molecule has 0 aliphatic carbocycles. The van der Waals surface area contributed by atoms with Crippen LogP contribution in [-0.2, 0) is 11.2 Å². The summed E-state index contributed by atoms with van der Waals surface area (Å²) in [6, 6.07) is 1.68. The molecule has 0 radical (unpaired) electrons. The van der Waals surface area contributed by atoms with Gasteiger partial charge in [0.2, 0.25) is 0 Å². The van der Waals surface area contributed by atoms with E-state index in [1.807, 2.05) is 0 Å². The summed E-state index contributed by atoms with van der Waals surface area (Å²) < 4.78 is 4.71. The van der Waals surface area contributed by atoms with E-state index in [9.17, 15) is 25.0 Å². The zero-order valence-electron chi connectivity index (χ0n) is 9.15. The molecule has 9 nitrogen and oxygen atoms in total. The maximum Gasteiger partial charge on any atom is 0.317 e. The minimum atomic E-state index is -1.28. The van der Waals surface area contributed by atoms with Gasteiger partial charge in [-0.05, 0) is 6.07 Å². The lowest BCUT2D eigenvalue weighted by Crippen LogP contribution is -2.05. The van der Waals surface area contributed by atoms with Crippen LogP contribution in [-0.4, -0.2) is 28.0 Å². The fraction of sp³-hybridized carbons (Fsp3) is 0.222. The van der Waals surface area contributed by atoms with Gasteiger partial charge < -0.3 is 9.84 Å². The van der Waals surface area contributed by atoms with Crippen LogP contribution in [0.2, 0.25) is 0 Å². The normalized spacial score (nSPS) is 9.83. The Morgan fingerprint density at radius 3 is 2.22 bits per heavy atom. The van der Waals surface area contributed by atoms with Crippen molar-refractivity contribution in [3.05, 3.63) is 37.9 Å². The van der Waals surface area contributed by atoms with Crippen LogP contribution >= 0.6 is 0 Å². The summed E-state index contributed by atoms with van der Waals surface area (Å²) in [6.45, 7) is 0. The Kier molecular flexibility index (Phi) is 3.77. The highest BCUT2D eigenvalue weighted by atomic mass is 16.6. The summed E-state index contributed by atoms with van der Waals surface area (Å²) >= 11 is 0. The van der Waals surface area contributed by atoms with Gasteiger partial charge in [-0.2, -0.15) is 0 Å². The second kappa shape index (κ2) is 5.08. The van der Waals surface area contributed by atoms with Crippen molar-refractivity contribution in [1.29, 1.82) is 0 Å². The molecule has 0 bridgehead atoms.